The van der Waals surface area contributed by atoms with Crippen LogP contribution in [0.25, 0.3) is 0 Å². The molecular weight excluding hydrogens is 260 g/mol. The summed E-state index contributed by atoms with van der Waals surface area (Å²) < 4.78 is -0.191. The summed E-state index contributed by atoms with van der Waals surface area (Å²) in [4.78, 5) is 11.5. The Morgan fingerprint density at radius 3 is 2.22 bits per heavy atom. The van der Waals surface area contributed by atoms with E-state index < -0.39 is 0 Å². The third-order valence-corrected chi connectivity index (χ3v) is 6.62. The van der Waals surface area contributed by atoms with Crippen LogP contribution in [0, 0.1) is 0 Å². The predicted octanol–water partition coefficient (Wildman–Crippen LogP) is 5.18. The van der Waals surface area contributed by atoms with Gasteiger partial charge >= 0.3 is 0 Å². The highest BCUT2D eigenvalue weighted by molar-refractivity contribution is 8.04. The molecule has 0 radical (unpaired) electrons. The lowest BCUT2D eigenvalue weighted by Gasteiger charge is -2.32. The molecule has 0 bridgehead atoms. The number of unbranched alkanes of at least 4 members (excludes halogenated alkanes) is 2. The van der Waals surface area contributed by atoms with Crippen LogP contribution in [-0.2, 0) is 4.79 Å². The Morgan fingerprint density at radius 2 is 1.72 bits per heavy atom. The number of thioether (sulfide) groups is 2. The van der Waals surface area contributed by atoms with Crippen molar-refractivity contribution in [3.8, 4) is 0 Å². The molecule has 0 saturated heterocycles. The van der Waals surface area contributed by atoms with Gasteiger partial charge in [0, 0.05) is 5.25 Å². The molecule has 0 amide bonds. The van der Waals surface area contributed by atoms with Crippen LogP contribution >= 0.6 is 23.5 Å². The van der Waals surface area contributed by atoms with Crippen molar-refractivity contribution in [2.24, 2.45) is 0 Å². The van der Waals surface area contributed by atoms with Crippen LogP contribution in [0.5, 0.6) is 0 Å². The van der Waals surface area contributed by atoms with E-state index in [4.69, 9.17) is 0 Å². The van der Waals surface area contributed by atoms with Crippen LogP contribution in [0.3, 0.4) is 0 Å². The van der Waals surface area contributed by atoms with Crippen molar-refractivity contribution in [3.05, 3.63) is 0 Å². The summed E-state index contributed by atoms with van der Waals surface area (Å²) in [7, 11) is 0. The van der Waals surface area contributed by atoms with Gasteiger partial charge in [0.15, 0.2) is 0 Å². The molecule has 2 atom stereocenters. The third kappa shape index (κ3) is 7.08. The molecule has 0 N–H and O–H groups in total. The van der Waals surface area contributed by atoms with E-state index in [1.807, 2.05) is 23.5 Å². The predicted molar refractivity (Wildman–Crippen MR) is 87.9 cm³/mol. The first-order chi connectivity index (χ1) is 8.64. The Bertz CT molecular complexity index is 209. The Hall–Kier alpha value is 0.370. The molecule has 0 heterocycles. The highest BCUT2D eigenvalue weighted by atomic mass is 32.2. The van der Waals surface area contributed by atoms with Crippen molar-refractivity contribution in [1.29, 1.82) is 0 Å². The summed E-state index contributed by atoms with van der Waals surface area (Å²) >= 11 is 3.85. The van der Waals surface area contributed by atoms with Gasteiger partial charge in [-0.1, -0.05) is 40.0 Å². The lowest BCUT2D eigenvalue weighted by molar-refractivity contribution is -0.109. The Labute approximate surface area is 122 Å². The van der Waals surface area contributed by atoms with Crippen LogP contribution in [0.1, 0.15) is 66.2 Å². The highest BCUT2D eigenvalue weighted by Crippen LogP contribution is 2.37. The summed E-state index contributed by atoms with van der Waals surface area (Å²) in [5, 5.41) is 0.484. The number of hydrogen-bond acceptors (Lipinski definition) is 3. The monoisotopic (exact) mass is 290 g/mol. The summed E-state index contributed by atoms with van der Waals surface area (Å²) in [5.41, 5.74) is 0. The van der Waals surface area contributed by atoms with Crippen LogP contribution in [0.2, 0.25) is 0 Å². The lowest BCUT2D eigenvalue weighted by atomic mass is 10.0. The molecule has 0 aromatic rings. The van der Waals surface area contributed by atoms with Crippen molar-refractivity contribution in [2.75, 3.05) is 11.5 Å². The van der Waals surface area contributed by atoms with Gasteiger partial charge < -0.3 is 4.79 Å². The van der Waals surface area contributed by atoms with E-state index in [0.29, 0.717) is 5.25 Å². The summed E-state index contributed by atoms with van der Waals surface area (Å²) in [6, 6.07) is 0. The van der Waals surface area contributed by atoms with Crippen LogP contribution < -0.4 is 0 Å². The quantitative estimate of drug-likeness (QED) is 0.364. The van der Waals surface area contributed by atoms with Gasteiger partial charge in [-0.05, 0) is 37.7 Å². The molecule has 18 heavy (non-hydrogen) atoms. The first kappa shape index (κ1) is 18.4. The van der Waals surface area contributed by atoms with E-state index in [0.717, 1.165) is 12.2 Å². The van der Waals surface area contributed by atoms with E-state index in [2.05, 4.69) is 27.7 Å². The third-order valence-electron chi connectivity index (χ3n) is 3.08. The van der Waals surface area contributed by atoms with Gasteiger partial charge in [0.1, 0.15) is 6.29 Å². The summed E-state index contributed by atoms with van der Waals surface area (Å²) in [5.74, 6) is 2.26. The zero-order chi connectivity index (χ0) is 13.9. The largest absolute Gasteiger partial charge is 0.302 e. The minimum atomic E-state index is -0.191. The molecule has 0 aliphatic heterocycles. The maximum atomic E-state index is 11.5. The van der Waals surface area contributed by atoms with Crippen LogP contribution in [-0.4, -0.2) is 27.8 Å². The molecule has 0 aliphatic rings. The normalized spacial score (nSPS) is 16.2. The second-order valence-corrected chi connectivity index (χ2v) is 7.89. The molecule has 0 aromatic heterocycles. The Morgan fingerprint density at radius 1 is 1.06 bits per heavy atom. The van der Waals surface area contributed by atoms with Gasteiger partial charge in [0.05, 0.1) is 4.75 Å². The smallest absolute Gasteiger partial charge is 0.136 e. The number of carbonyl (C=O) groups is 1. The number of rotatable bonds is 12. The first-order valence-corrected chi connectivity index (χ1v) is 9.39. The zero-order valence-corrected chi connectivity index (χ0v) is 14.2. The lowest BCUT2D eigenvalue weighted by Crippen LogP contribution is -2.36. The SMILES string of the molecule is CCCCCC(SCCC)C(C)(C=O)SCCC. The molecule has 108 valence electrons. The maximum Gasteiger partial charge on any atom is 0.136 e. The topological polar surface area (TPSA) is 17.1 Å². The number of carbonyl (C=O) groups excluding carboxylic acids is 1. The summed E-state index contributed by atoms with van der Waals surface area (Å²) in [6.07, 6.45) is 8.53. The van der Waals surface area contributed by atoms with Gasteiger partial charge in [-0.15, -0.1) is 11.8 Å². The fourth-order valence-electron chi connectivity index (χ4n) is 1.90. The van der Waals surface area contributed by atoms with E-state index in [1.54, 1.807) is 0 Å². The van der Waals surface area contributed by atoms with E-state index >= 15 is 0 Å². The fourth-order valence-corrected chi connectivity index (χ4v) is 4.56. The van der Waals surface area contributed by atoms with Gasteiger partial charge in [-0.25, -0.2) is 0 Å². The molecule has 0 fully saturated rings. The number of aldehydes is 1. The molecular formula is C15H30OS2. The van der Waals surface area contributed by atoms with Crippen molar-refractivity contribution in [3.63, 3.8) is 0 Å². The molecule has 0 aliphatic carbocycles. The highest BCUT2D eigenvalue weighted by Gasteiger charge is 2.34. The average Bonchev–Trinajstić information content (AvgIpc) is 2.40. The molecule has 0 saturated carbocycles. The van der Waals surface area contributed by atoms with Gasteiger partial charge in [-0.2, -0.15) is 11.8 Å². The molecule has 0 rings (SSSR count). The van der Waals surface area contributed by atoms with Crippen molar-refractivity contribution < 1.29 is 4.79 Å². The fraction of sp³-hybridized carbons (Fsp3) is 0.933. The van der Waals surface area contributed by atoms with Crippen molar-refractivity contribution in [1.82, 2.24) is 0 Å². The van der Waals surface area contributed by atoms with Gasteiger partial charge in [0.2, 0.25) is 0 Å². The second-order valence-electron chi connectivity index (χ2n) is 5.01. The van der Waals surface area contributed by atoms with Gasteiger partial charge in [0.25, 0.3) is 0 Å². The molecule has 2 unspecified atom stereocenters. The van der Waals surface area contributed by atoms with Gasteiger partial charge in [-0.3, -0.25) is 0 Å². The minimum Gasteiger partial charge on any atom is -0.302 e. The minimum absolute atomic E-state index is 0.191. The first-order valence-electron chi connectivity index (χ1n) is 7.36. The average molecular weight is 291 g/mol. The molecule has 3 heteroatoms. The Balaban J connectivity index is 4.48. The van der Waals surface area contributed by atoms with Crippen molar-refractivity contribution in [2.45, 2.75) is 76.2 Å². The van der Waals surface area contributed by atoms with Crippen LogP contribution in [0.15, 0.2) is 0 Å². The van der Waals surface area contributed by atoms with E-state index in [1.165, 1.54) is 44.1 Å². The van der Waals surface area contributed by atoms with Crippen molar-refractivity contribution >= 4 is 29.8 Å². The molecule has 0 spiro atoms. The second kappa shape index (κ2) is 11.2. The zero-order valence-electron chi connectivity index (χ0n) is 12.5. The maximum absolute atomic E-state index is 11.5. The Kier molecular flexibility index (Phi) is 11.4. The van der Waals surface area contributed by atoms with E-state index in [9.17, 15) is 4.79 Å². The van der Waals surface area contributed by atoms with E-state index in [-0.39, 0.29) is 4.75 Å². The molecule has 1 nitrogen and oxygen atoms in total. The standard InChI is InChI=1S/C15H30OS2/c1-5-8-9-10-14(17-11-6-2)15(4,13-16)18-12-7-3/h13-14H,5-12H2,1-4H3. The van der Waals surface area contributed by atoms with Crippen LogP contribution in [0.4, 0.5) is 0 Å². The summed E-state index contributed by atoms with van der Waals surface area (Å²) in [6.45, 7) is 8.77. The molecule has 0 aromatic carbocycles. The number of hydrogen-bond donors (Lipinski definition) is 0.